The van der Waals surface area contributed by atoms with Crippen LogP contribution in [0.4, 0.5) is 0 Å². The molecule has 0 amide bonds. The summed E-state index contributed by atoms with van der Waals surface area (Å²) in [6, 6.07) is 0.313. The highest BCUT2D eigenvalue weighted by molar-refractivity contribution is 5.83. The Hall–Kier alpha value is -1.66. The summed E-state index contributed by atoms with van der Waals surface area (Å²) in [6.45, 7) is 5.24. The van der Waals surface area contributed by atoms with E-state index >= 15 is 0 Å². The van der Waals surface area contributed by atoms with E-state index in [-0.39, 0.29) is 36.9 Å². The van der Waals surface area contributed by atoms with Gasteiger partial charge in [0.1, 0.15) is 12.2 Å². The first-order chi connectivity index (χ1) is 11.3. The fraction of sp³-hybridized carbons (Fsp3) is 0.667. The molecule has 0 unspecified atom stereocenters. The topological polar surface area (TPSA) is 76.1 Å². The van der Waals surface area contributed by atoms with E-state index < -0.39 is 5.97 Å². The number of nitrogens with zero attached hydrogens (tertiary/aromatic N) is 1. The molecule has 2 aliphatic heterocycles. The molecule has 24 heavy (non-hydrogen) atoms. The van der Waals surface area contributed by atoms with Gasteiger partial charge in [0.05, 0.1) is 12.6 Å². The summed E-state index contributed by atoms with van der Waals surface area (Å²) in [5.74, 6) is -0.732. The highest BCUT2D eigenvalue weighted by atomic mass is 16.6. The molecule has 6 nitrogen and oxygen atoms in total. The maximum absolute atomic E-state index is 11.9. The molecule has 134 valence electrons. The quantitative estimate of drug-likeness (QED) is 0.606. The van der Waals surface area contributed by atoms with Crippen LogP contribution in [0.5, 0.6) is 0 Å². The lowest BCUT2D eigenvalue weighted by Crippen LogP contribution is -2.46. The van der Waals surface area contributed by atoms with Crippen LogP contribution in [0, 0.1) is 0 Å². The van der Waals surface area contributed by atoms with E-state index in [1.165, 1.54) is 12.2 Å². The van der Waals surface area contributed by atoms with E-state index in [2.05, 4.69) is 4.90 Å². The molecule has 2 bridgehead atoms. The first-order valence-electron chi connectivity index (χ1n) is 8.36. The maximum Gasteiger partial charge on any atom is 0.331 e. The Bertz CT molecular complexity index is 550. The number of carbonyl (C=O) groups excluding carboxylic acids is 2. The number of aliphatic hydroxyl groups is 1. The number of ether oxygens (including phenoxy) is 2. The van der Waals surface area contributed by atoms with Crippen molar-refractivity contribution in [1.82, 2.24) is 4.90 Å². The maximum atomic E-state index is 11.9. The fourth-order valence-corrected chi connectivity index (χ4v) is 3.46. The van der Waals surface area contributed by atoms with E-state index in [4.69, 9.17) is 14.6 Å². The molecular formula is C18H27NO5. The third kappa shape index (κ3) is 4.68. The molecule has 0 saturated carbocycles. The van der Waals surface area contributed by atoms with E-state index in [9.17, 15) is 9.59 Å². The van der Waals surface area contributed by atoms with Gasteiger partial charge < -0.3 is 14.6 Å². The minimum atomic E-state index is -0.423. The highest BCUT2D eigenvalue weighted by Crippen LogP contribution is 2.37. The summed E-state index contributed by atoms with van der Waals surface area (Å²) in [6.07, 6.45) is 4.64. The number of fused-ring (bicyclic) bond motifs is 2. The largest absolute Gasteiger partial charge is 0.459 e. The van der Waals surface area contributed by atoms with Crippen molar-refractivity contribution >= 4 is 11.9 Å². The van der Waals surface area contributed by atoms with Crippen molar-refractivity contribution in [2.75, 3.05) is 13.7 Å². The van der Waals surface area contributed by atoms with Gasteiger partial charge in [0.25, 0.3) is 0 Å². The molecule has 0 aromatic rings. The van der Waals surface area contributed by atoms with Gasteiger partial charge in [-0.15, -0.1) is 0 Å². The van der Waals surface area contributed by atoms with Crippen molar-refractivity contribution in [3.63, 3.8) is 0 Å². The molecule has 2 aliphatic rings. The number of aliphatic hydroxyl groups excluding tert-OH is 1. The normalized spacial score (nSPS) is 30.0. The van der Waals surface area contributed by atoms with Gasteiger partial charge in [0, 0.05) is 37.5 Å². The van der Waals surface area contributed by atoms with Crippen molar-refractivity contribution < 1.29 is 24.2 Å². The molecule has 1 N–H and O–H groups in total. The van der Waals surface area contributed by atoms with Crippen LogP contribution in [0.1, 0.15) is 40.0 Å². The lowest BCUT2D eigenvalue weighted by atomic mass is 10.0. The van der Waals surface area contributed by atoms with E-state index in [1.54, 1.807) is 6.92 Å². The molecule has 6 heteroatoms. The first-order valence-corrected chi connectivity index (χ1v) is 8.36. The van der Waals surface area contributed by atoms with Gasteiger partial charge in [-0.05, 0) is 33.4 Å². The fourth-order valence-electron chi connectivity index (χ4n) is 3.46. The minimum Gasteiger partial charge on any atom is -0.459 e. The predicted molar refractivity (Wildman–Crippen MR) is 89.2 cm³/mol. The molecule has 2 saturated heterocycles. The Morgan fingerprint density at radius 2 is 1.75 bits per heavy atom. The van der Waals surface area contributed by atoms with Crippen molar-refractivity contribution in [2.24, 2.45) is 0 Å². The molecule has 0 spiro atoms. The third-order valence-electron chi connectivity index (χ3n) is 4.64. The summed E-state index contributed by atoms with van der Waals surface area (Å²) < 4.78 is 11.1. The SMILES string of the molecule is CC(C)=CC(=O)O[C@@H]1C[C@@H]2C[C@@H](OC(=O)C=C(C)CO)C[C@@H]1N2C. The van der Waals surface area contributed by atoms with Crippen LogP contribution >= 0.6 is 0 Å². The van der Waals surface area contributed by atoms with Crippen LogP contribution in [-0.4, -0.2) is 59.9 Å². The number of carbonyl (C=O) groups is 2. The molecule has 0 aliphatic carbocycles. The molecule has 4 atom stereocenters. The summed E-state index contributed by atoms with van der Waals surface area (Å²) >= 11 is 0. The number of rotatable bonds is 5. The second kappa shape index (κ2) is 7.94. The monoisotopic (exact) mass is 337 g/mol. The number of hydrogen-bond acceptors (Lipinski definition) is 6. The molecular weight excluding hydrogens is 310 g/mol. The Labute approximate surface area is 143 Å². The second-order valence-electron chi connectivity index (χ2n) is 7.00. The minimum absolute atomic E-state index is 0.0685. The van der Waals surface area contributed by atoms with Crippen LogP contribution < -0.4 is 0 Å². The van der Waals surface area contributed by atoms with Gasteiger partial charge in [-0.2, -0.15) is 0 Å². The molecule has 0 aromatic heterocycles. The highest BCUT2D eigenvalue weighted by Gasteiger charge is 2.47. The van der Waals surface area contributed by atoms with Gasteiger partial charge in [-0.25, -0.2) is 9.59 Å². The Balaban J connectivity index is 1.96. The molecule has 2 fully saturated rings. The number of hydrogen-bond donors (Lipinski definition) is 1. The van der Waals surface area contributed by atoms with Gasteiger partial charge in [-0.1, -0.05) is 5.57 Å². The Morgan fingerprint density at radius 3 is 2.38 bits per heavy atom. The second-order valence-corrected chi connectivity index (χ2v) is 7.00. The van der Waals surface area contributed by atoms with Gasteiger partial charge in [0.15, 0.2) is 0 Å². The smallest absolute Gasteiger partial charge is 0.331 e. The van der Waals surface area contributed by atoms with E-state index in [0.29, 0.717) is 12.0 Å². The Morgan fingerprint density at radius 1 is 1.08 bits per heavy atom. The van der Waals surface area contributed by atoms with Crippen LogP contribution in [0.3, 0.4) is 0 Å². The summed E-state index contributed by atoms with van der Waals surface area (Å²) in [4.78, 5) is 26.0. The number of esters is 2. The molecule has 0 radical (unpaired) electrons. The predicted octanol–water partition coefficient (Wildman–Crippen LogP) is 1.58. The van der Waals surface area contributed by atoms with Gasteiger partial charge >= 0.3 is 11.9 Å². The summed E-state index contributed by atoms with van der Waals surface area (Å²) in [5, 5.41) is 8.96. The lowest BCUT2D eigenvalue weighted by molar-refractivity contribution is -0.150. The molecule has 0 aromatic carbocycles. The van der Waals surface area contributed by atoms with Crippen molar-refractivity contribution in [2.45, 2.75) is 64.3 Å². The average molecular weight is 337 g/mol. The van der Waals surface area contributed by atoms with Crippen LogP contribution in [0.15, 0.2) is 23.3 Å². The van der Waals surface area contributed by atoms with Crippen LogP contribution in [0.25, 0.3) is 0 Å². The van der Waals surface area contributed by atoms with Crippen molar-refractivity contribution in [1.29, 1.82) is 0 Å². The van der Waals surface area contributed by atoms with E-state index in [1.807, 2.05) is 20.9 Å². The molecule has 2 rings (SSSR count). The van der Waals surface area contributed by atoms with Crippen molar-refractivity contribution in [3.05, 3.63) is 23.3 Å². The zero-order valence-electron chi connectivity index (χ0n) is 14.8. The summed E-state index contributed by atoms with van der Waals surface area (Å²) in [5.41, 5.74) is 1.48. The lowest BCUT2D eigenvalue weighted by Gasteiger charge is -2.36. The zero-order chi connectivity index (χ0) is 17.9. The number of allylic oxidation sites excluding steroid dienone is 1. The third-order valence-corrected chi connectivity index (χ3v) is 4.64. The average Bonchev–Trinajstić information content (AvgIpc) is 2.66. The molecule has 2 heterocycles. The standard InChI is InChI=1S/C18H27NO5/c1-11(2)5-17(21)24-16-8-13-7-14(9-15(16)19(13)4)23-18(22)6-12(3)10-20/h5-6,13-16,20H,7-10H2,1-4H3/t13-,14+,15-,16+/m0/s1. The first kappa shape index (κ1) is 18.7. The number of likely N-dealkylation sites (N-methyl/N-ethyl adjacent to an activating group) is 1. The van der Waals surface area contributed by atoms with E-state index in [0.717, 1.165) is 18.4 Å². The van der Waals surface area contributed by atoms with Gasteiger partial charge in [-0.3, -0.25) is 4.90 Å². The van der Waals surface area contributed by atoms with Crippen molar-refractivity contribution in [3.8, 4) is 0 Å². The van der Waals surface area contributed by atoms with Gasteiger partial charge in [0.2, 0.25) is 0 Å². The Kier molecular flexibility index (Phi) is 6.18. The van der Waals surface area contributed by atoms with Crippen LogP contribution in [0.2, 0.25) is 0 Å². The summed E-state index contributed by atoms with van der Waals surface area (Å²) in [7, 11) is 2.03. The van der Waals surface area contributed by atoms with Crippen LogP contribution in [-0.2, 0) is 19.1 Å². The zero-order valence-corrected chi connectivity index (χ0v) is 14.8. The number of piperidine rings is 1.